The molecule has 3 heteroatoms. The van der Waals surface area contributed by atoms with Crippen LogP contribution in [0.3, 0.4) is 0 Å². The van der Waals surface area contributed by atoms with Crippen LogP contribution in [0.2, 0.25) is 0 Å². The summed E-state index contributed by atoms with van der Waals surface area (Å²) in [6.07, 6.45) is 1.61. The summed E-state index contributed by atoms with van der Waals surface area (Å²) in [7, 11) is 0. The first kappa shape index (κ1) is 11.7. The normalized spacial score (nSPS) is 22.3. The number of carbonyl (C=O) groups excluding carboxylic acids is 1. The maximum Gasteiger partial charge on any atom is 0.210 e. The summed E-state index contributed by atoms with van der Waals surface area (Å²) in [5.41, 5.74) is 0.185. The topological polar surface area (TPSA) is 29.5 Å². The Balaban J connectivity index is 1.82. The number of hydrogen-bond donors (Lipinski definition) is 0. The van der Waals surface area contributed by atoms with Crippen molar-refractivity contribution in [3.63, 3.8) is 0 Å². The lowest BCUT2D eigenvalue weighted by molar-refractivity contribution is 0.0141. The van der Waals surface area contributed by atoms with Gasteiger partial charge in [0.1, 0.15) is 5.75 Å². The van der Waals surface area contributed by atoms with E-state index < -0.39 is 5.60 Å². The first-order chi connectivity index (χ1) is 8.62. The number of fused-ring (bicyclic) bond motifs is 1. The molecule has 2 aliphatic heterocycles. The predicted octanol–water partition coefficient (Wildman–Crippen LogP) is 2.50. The quantitative estimate of drug-likeness (QED) is 0.761. The molecular formula is C15H19NO2. The molecule has 0 radical (unpaired) electrons. The molecule has 0 amide bonds. The molecule has 1 aromatic carbocycles. The van der Waals surface area contributed by atoms with E-state index in [1.54, 1.807) is 0 Å². The van der Waals surface area contributed by atoms with Crippen LogP contribution >= 0.6 is 0 Å². The third-order valence-corrected chi connectivity index (χ3v) is 4.19. The van der Waals surface area contributed by atoms with Gasteiger partial charge in [0.2, 0.25) is 5.78 Å². The van der Waals surface area contributed by atoms with E-state index in [1.165, 1.54) is 0 Å². The van der Waals surface area contributed by atoms with Gasteiger partial charge in [0.25, 0.3) is 0 Å². The lowest BCUT2D eigenvalue weighted by Gasteiger charge is -2.39. The van der Waals surface area contributed by atoms with Crippen molar-refractivity contribution in [2.45, 2.75) is 38.3 Å². The minimum Gasteiger partial charge on any atom is -0.478 e. The van der Waals surface area contributed by atoms with Crippen molar-refractivity contribution < 1.29 is 9.53 Å². The Morgan fingerprint density at radius 2 is 1.89 bits per heavy atom. The molecule has 1 saturated heterocycles. The second-order valence-corrected chi connectivity index (χ2v) is 5.55. The van der Waals surface area contributed by atoms with E-state index in [9.17, 15) is 4.79 Å². The number of rotatable bonds is 1. The summed E-state index contributed by atoms with van der Waals surface area (Å²) in [6, 6.07) is 8.15. The maximum absolute atomic E-state index is 12.5. The van der Waals surface area contributed by atoms with Crippen molar-refractivity contribution in [3.8, 4) is 5.75 Å². The summed E-state index contributed by atoms with van der Waals surface area (Å²) < 4.78 is 6.00. The average Bonchev–Trinajstić information content (AvgIpc) is 2.64. The van der Waals surface area contributed by atoms with Crippen LogP contribution in [0.5, 0.6) is 5.75 Å². The minimum absolute atomic E-state index is 0.182. The zero-order valence-corrected chi connectivity index (χ0v) is 11.0. The molecule has 0 aromatic heterocycles. The molecule has 3 nitrogen and oxygen atoms in total. The zero-order chi connectivity index (χ0) is 12.8. The van der Waals surface area contributed by atoms with E-state index >= 15 is 0 Å². The fourth-order valence-electron chi connectivity index (χ4n) is 2.98. The largest absolute Gasteiger partial charge is 0.478 e. The Bertz CT molecular complexity index is 473. The zero-order valence-electron chi connectivity index (χ0n) is 11.0. The van der Waals surface area contributed by atoms with Gasteiger partial charge in [-0.25, -0.2) is 0 Å². The van der Waals surface area contributed by atoms with E-state index in [-0.39, 0.29) is 5.78 Å². The molecule has 0 aliphatic carbocycles. The van der Waals surface area contributed by atoms with Gasteiger partial charge in [-0.3, -0.25) is 4.79 Å². The molecule has 0 bridgehead atoms. The third-order valence-electron chi connectivity index (χ3n) is 4.19. The minimum atomic E-state index is -0.574. The number of ketones is 1. The van der Waals surface area contributed by atoms with Gasteiger partial charge in [0.15, 0.2) is 5.60 Å². The number of benzene rings is 1. The number of carbonyl (C=O) groups is 1. The Kier molecular flexibility index (Phi) is 2.67. The van der Waals surface area contributed by atoms with Crippen molar-refractivity contribution in [1.82, 2.24) is 4.90 Å². The smallest absolute Gasteiger partial charge is 0.210 e. The molecule has 0 saturated carbocycles. The first-order valence-electron chi connectivity index (χ1n) is 6.69. The van der Waals surface area contributed by atoms with Crippen LogP contribution in [0.25, 0.3) is 0 Å². The SMILES string of the molecule is CC(C)N1CCC2(CC1)Oc1ccccc1C2=O. The molecule has 3 rings (SSSR count). The van der Waals surface area contributed by atoms with Gasteiger partial charge < -0.3 is 9.64 Å². The van der Waals surface area contributed by atoms with Crippen LogP contribution < -0.4 is 4.74 Å². The number of para-hydroxylation sites is 1. The first-order valence-corrected chi connectivity index (χ1v) is 6.69. The third kappa shape index (κ3) is 1.65. The summed E-state index contributed by atoms with van der Waals surface area (Å²) >= 11 is 0. The fourth-order valence-corrected chi connectivity index (χ4v) is 2.98. The van der Waals surface area contributed by atoms with Crippen molar-refractivity contribution in [2.24, 2.45) is 0 Å². The highest BCUT2D eigenvalue weighted by molar-refractivity contribution is 6.07. The fraction of sp³-hybridized carbons (Fsp3) is 0.533. The van der Waals surface area contributed by atoms with E-state index in [0.717, 1.165) is 37.2 Å². The molecule has 1 spiro atoms. The van der Waals surface area contributed by atoms with Crippen molar-refractivity contribution >= 4 is 5.78 Å². The Hall–Kier alpha value is -1.35. The van der Waals surface area contributed by atoms with E-state index in [2.05, 4.69) is 18.7 Å². The number of nitrogens with zero attached hydrogens (tertiary/aromatic N) is 1. The van der Waals surface area contributed by atoms with Crippen molar-refractivity contribution in [2.75, 3.05) is 13.1 Å². The van der Waals surface area contributed by atoms with E-state index in [4.69, 9.17) is 4.74 Å². The second kappa shape index (κ2) is 4.09. The number of ether oxygens (including phenoxy) is 1. The summed E-state index contributed by atoms with van der Waals surface area (Å²) in [6.45, 7) is 6.28. The van der Waals surface area contributed by atoms with E-state index in [0.29, 0.717) is 6.04 Å². The van der Waals surface area contributed by atoms with Crippen LogP contribution in [-0.2, 0) is 0 Å². The monoisotopic (exact) mass is 245 g/mol. The van der Waals surface area contributed by atoms with Gasteiger partial charge in [-0.05, 0) is 26.0 Å². The van der Waals surface area contributed by atoms with Gasteiger partial charge in [0, 0.05) is 32.0 Å². The molecule has 18 heavy (non-hydrogen) atoms. The summed E-state index contributed by atoms with van der Waals surface area (Å²) in [4.78, 5) is 14.9. The molecule has 0 N–H and O–H groups in total. The lowest BCUT2D eigenvalue weighted by atomic mass is 9.85. The molecular weight excluding hydrogens is 226 g/mol. The van der Waals surface area contributed by atoms with Crippen LogP contribution in [0, 0.1) is 0 Å². The Morgan fingerprint density at radius 3 is 2.50 bits per heavy atom. The van der Waals surface area contributed by atoms with Crippen molar-refractivity contribution in [3.05, 3.63) is 29.8 Å². The predicted molar refractivity (Wildman–Crippen MR) is 70.1 cm³/mol. The van der Waals surface area contributed by atoms with Crippen LogP contribution in [-0.4, -0.2) is 35.4 Å². The second-order valence-electron chi connectivity index (χ2n) is 5.55. The number of piperidine rings is 1. The number of likely N-dealkylation sites (tertiary alicyclic amines) is 1. The molecule has 2 heterocycles. The number of Topliss-reactive ketones (excluding diaryl/α,β-unsaturated/α-hetero) is 1. The van der Waals surface area contributed by atoms with Gasteiger partial charge in [-0.15, -0.1) is 0 Å². The number of hydrogen-bond acceptors (Lipinski definition) is 3. The Labute approximate surface area is 108 Å². The summed E-state index contributed by atoms with van der Waals surface area (Å²) in [5, 5.41) is 0. The molecule has 2 aliphatic rings. The molecule has 96 valence electrons. The van der Waals surface area contributed by atoms with Crippen molar-refractivity contribution in [1.29, 1.82) is 0 Å². The van der Waals surface area contributed by atoms with Gasteiger partial charge in [0.05, 0.1) is 5.56 Å². The standard InChI is InChI=1S/C15H19NO2/c1-11(2)16-9-7-15(8-10-16)14(17)12-5-3-4-6-13(12)18-15/h3-6,11H,7-10H2,1-2H3. The molecule has 1 fully saturated rings. The van der Waals surface area contributed by atoms with Gasteiger partial charge >= 0.3 is 0 Å². The summed E-state index contributed by atoms with van der Waals surface area (Å²) in [5.74, 6) is 0.946. The van der Waals surface area contributed by atoms with Gasteiger partial charge in [-0.1, -0.05) is 12.1 Å². The lowest BCUT2D eigenvalue weighted by Crippen LogP contribution is -2.52. The molecule has 1 aromatic rings. The average molecular weight is 245 g/mol. The molecule has 0 unspecified atom stereocenters. The van der Waals surface area contributed by atoms with Crippen LogP contribution in [0.1, 0.15) is 37.0 Å². The van der Waals surface area contributed by atoms with Crippen LogP contribution in [0.4, 0.5) is 0 Å². The highest BCUT2D eigenvalue weighted by Gasteiger charge is 2.49. The van der Waals surface area contributed by atoms with Gasteiger partial charge in [-0.2, -0.15) is 0 Å². The molecule has 0 atom stereocenters. The van der Waals surface area contributed by atoms with E-state index in [1.807, 2.05) is 24.3 Å². The van der Waals surface area contributed by atoms with Crippen LogP contribution in [0.15, 0.2) is 24.3 Å². The Morgan fingerprint density at radius 1 is 1.22 bits per heavy atom. The highest BCUT2D eigenvalue weighted by atomic mass is 16.5. The highest BCUT2D eigenvalue weighted by Crippen LogP contribution is 2.40. The maximum atomic E-state index is 12.5.